The van der Waals surface area contributed by atoms with Crippen LogP contribution in [0.4, 0.5) is 0 Å². The topological polar surface area (TPSA) is 6.48 Å². The first-order valence-electron chi connectivity index (χ1n) is 4.69. The van der Waals surface area contributed by atoms with Gasteiger partial charge in [0.1, 0.15) is 0 Å². The maximum atomic E-state index is 5.68. The lowest BCUT2D eigenvalue weighted by molar-refractivity contribution is 0.281. The van der Waals surface area contributed by atoms with Gasteiger partial charge in [0.05, 0.1) is 0 Å². The minimum absolute atomic E-state index is 0. The molecule has 0 heterocycles. The summed E-state index contributed by atoms with van der Waals surface area (Å²) in [5.74, 6) is 1.39. The summed E-state index contributed by atoms with van der Waals surface area (Å²) in [6.45, 7) is 4.11. The predicted octanol–water partition coefficient (Wildman–Crippen LogP) is 2.14. The molecule has 2 nitrogen and oxygen atoms in total. The standard InChI is InChI=1S/C9H20Cl2N2.ClH/c1-12(2)6-3-7-13(8-4-10)9-5-11;/h3-9H2,1-2H3;1H. The Kier molecular flexibility index (Phi) is 14.6. The molecule has 0 fully saturated rings. The van der Waals surface area contributed by atoms with E-state index in [0.717, 1.165) is 26.2 Å². The van der Waals surface area contributed by atoms with Gasteiger partial charge in [-0.3, -0.25) is 0 Å². The van der Waals surface area contributed by atoms with E-state index in [1.54, 1.807) is 0 Å². The Morgan fingerprint density at radius 1 is 0.857 bits per heavy atom. The molecule has 0 saturated heterocycles. The van der Waals surface area contributed by atoms with Crippen LogP contribution in [0.5, 0.6) is 0 Å². The number of rotatable bonds is 8. The van der Waals surface area contributed by atoms with E-state index in [2.05, 4.69) is 23.9 Å². The van der Waals surface area contributed by atoms with E-state index >= 15 is 0 Å². The first-order chi connectivity index (χ1) is 6.20. The first kappa shape index (κ1) is 17.2. The van der Waals surface area contributed by atoms with Crippen molar-refractivity contribution in [3.8, 4) is 0 Å². The molecule has 5 heteroatoms. The Morgan fingerprint density at radius 3 is 1.71 bits per heavy atom. The van der Waals surface area contributed by atoms with Crippen LogP contribution in [0.1, 0.15) is 6.42 Å². The molecule has 0 radical (unpaired) electrons. The van der Waals surface area contributed by atoms with Crippen LogP contribution in [0.2, 0.25) is 0 Å². The lowest BCUT2D eigenvalue weighted by Gasteiger charge is -2.20. The lowest BCUT2D eigenvalue weighted by Crippen LogP contribution is -2.30. The Morgan fingerprint density at radius 2 is 1.36 bits per heavy atom. The second-order valence-corrected chi connectivity index (χ2v) is 4.13. The molecule has 0 aromatic heterocycles. The molecule has 0 aliphatic carbocycles. The van der Waals surface area contributed by atoms with Crippen molar-refractivity contribution in [3.63, 3.8) is 0 Å². The second kappa shape index (κ2) is 11.9. The minimum atomic E-state index is 0. The molecule has 0 aromatic carbocycles. The van der Waals surface area contributed by atoms with Gasteiger partial charge in [0.25, 0.3) is 0 Å². The number of alkyl halides is 2. The molecule has 0 aromatic rings. The third kappa shape index (κ3) is 10.9. The summed E-state index contributed by atoms with van der Waals surface area (Å²) in [4.78, 5) is 4.50. The normalized spacial score (nSPS) is 10.7. The predicted molar refractivity (Wildman–Crippen MR) is 68.3 cm³/mol. The molecule has 0 amide bonds. The van der Waals surface area contributed by atoms with Crippen molar-refractivity contribution in [1.29, 1.82) is 0 Å². The molecule has 0 rings (SSSR count). The highest BCUT2D eigenvalue weighted by Crippen LogP contribution is 1.95. The van der Waals surface area contributed by atoms with Crippen LogP contribution in [0.15, 0.2) is 0 Å². The van der Waals surface area contributed by atoms with Gasteiger partial charge in [0.2, 0.25) is 0 Å². The van der Waals surface area contributed by atoms with Crippen molar-refractivity contribution in [1.82, 2.24) is 9.80 Å². The summed E-state index contributed by atoms with van der Waals surface area (Å²) in [5.41, 5.74) is 0. The maximum absolute atomic E-state index is 5.68. The number of hydrogen-bond acceptors (Lipinski definition) is 2. The lowest BCUT2D eigenvalue weighted by atomic mass is 10.3. The van der Waals surface area contributed by atoms with Gasteiger partial charge in [-0.15, -0.1) is 35.6 Å². The van der Waals surface area contributed by atoms with Crippen molar-refractivity contribution < 1.29 is 0 Å². The number of halogens is 3. The van der Waals surface area contributed by atoms with E-state index in [4.69, 9.17) is 23.2 Å². The molecule has 0 atom stereocenters. The van der Waals surface area contributed by atoms with Crippen LogP contribution < -0.4 is 0 Å². The molecule has 0 saturated carbocycles. The van der Waals surface area contributed by atoms with Gasteiger partial charge in [0, 0.05) is 24.8 Å². The highest BCUT2D eigenvalue weighted by atomic mass is 35.5. The summed E-state index contributed by atoms with van der Waals surface area (Å²) in [5, 5.41) is 0. The number of nitrogens with zero attached hydrogens (tertiary/aromatic N) is 2. The van der Waals surface area contributed by atoms with Crippen LogP contribution in [0, 0.1) is 0 Å². The average molecular weight is 264 g/mol. The fraction of sp³-hybridized carbons (Fsp3) is 1.00. The summed E-state index contributed by atoms with van der Waals surface area (Å²) in [6.07, 6.45) is 1.18. The Bertz CT molecular complexity index is 106. The van der Waals surface area contributed by atoms with Gasteiger partial charge < -0.3 is 9.80 Å². The van der Waals surface area contributed by atoms with Crippen molar-refractivity contribution in [2.45, 2.75) is 6.42 Å². The highest BCUT2D eigenvalue weighted by molar-refractivity contribution is 6.18. The van der Waals surface area contributed by atoms with Crippen LogP contribution in [-0.2, 0) is 0 Å². The van der Waals surface area contributed by atoms with Crippen molar-refractivity contribution in [2.24, 2.45) is 0 Å². The molecule has 0 bridgehead atoms. The maximum Gasteiger partial charge on any atom is 0.0351 e. The van der Waals surface area contributed by atoms with Gasteiger partial charge >= 0.3 is 0 Å². The van der Waals surface area contributed by atoms with Crippen LogP contribution in [-0.4, -0.2) is 61.8 Å². The zero-order valence-corrected chi connectivity index (χ0v) is 11.3. The van der Waals surface area contributed by atoms with Gasteiger partial charge in [0.15, 0.2) is 0 Å². The summed E-state index contributed by atoms with van der Waals surface area (Å²) in [7, 11) is 4.18. The van der Waals surface area contributed by atoms with Gasteiger partial charge in [-0.2, -0.15) is 0 Å². The molecule has 88 valence electrons. The van der Waals surface area contributed by atoms with E-state index in [0.29, 0.717) is 11.8 Å². The van der Waals surface area contributed by atoms with E-state index < -0.39 is 0 Å². The smallest absolute Gasteiger partial charge is 0.0351 e. The molecule has 14 heavy (non-hydrogen) atoms. The zero-order chi connectivity index (χ0) is 10.1. The summed E-state index contributed by atoms with van der Waals surface area (Å²) in [6, 6.07) is 0. The van der Waals surface area contributed by atoms with Crippen molar-refractivity contribution in [3.05, 3.63) is 0 Å². The van der Waals surface area contributed by atoms with E-state index in [1.807, 2.05) is 0 Å². The Labute approximate surface area is 104 Å². The van der Waals surface area contributed by atoms with E-state index in [-0.39, 0.29) is 12.4 Å². The molecule has 0 unspecified atom stereocenters. The van der Waals surface area contributed by atoms with Gasteiger partial charge in [-0.1, -0.05) is 0 Å². The summed E-state index contributed by atoms with van der Waals surface area (Å²) < 4.78 is 0. The largest absolute Gasteiger partial charge is 0.309 e. The Balaban J connectivity index is 0. The van der Waals surface area contributed by atoms with Crippen LogP contribution >= 0.6 is 35.6 Å². The molecule has 0 spiro atoms. The van der Waals surface area contributed by atoms with Gasteiger partial charge in [-0.05, 0) is 33.6 Å². The first-order valence-corrected chi connectivity index (χ1v) is 5.76. The molecule has 0 N–H and O–H groups in total. The van der Waals surface area contributed by atoms with Crippen molar-refractivity contribution >= 4 is 35.6 Å². The number of hydrogen-bond donors (Lipinski definition) is 0. The molecular weight excluding hydrogens is 242 g/mol. The third-order valence-electron chi connectivity index (χ3n) is 1.88. The summed E-state index contributed by atoms with van der Waals surface area (Å²) >= 11 is 11.4. The fourth-order valence-corrected chi connectivity index (χ4v) is 1.66. The Hall–Kier alpha value is 0.790. The van der Waals surface area contributed by atoms with Crippen LogP contribution in [0.3, 0.4) is 0 Å². The van der Waals surface area contributed by atoms with Crippen molar-refractivity contribution in [2.75, 3.05) is 52.0 Å². The second-order valence-electron chi connectivity index (χ2n) is 3.38. The highest BCUT2D eigenvalue weighted by Gasteiger charge is 2.02. The molecular formula is C9H21Cl3N2. The van der Waals surface area contributed by atoms with Crippen LogP contribution in [0.25, 0.3) is 0 Å². The minimum Gasteiger partial charge on any atom is -0.309 e. The monoisotopic (exact) mass is 262 g/mol. The van der Waals surface area contributed by atoms with E-state index in [1.165, 1.54) is 6.42 Å². The average Bonchev–Trinajstić information content (AvgIpc) is 2.04. The van der Waals surface area contributed by atoms with Gasteiger partial charge in [-0.25, -0.2) is 0 Å². The third-order valence-corrected chi connectivity index (χ3v) is 2.22. The SMILES string of the molecule is CN(C)CCCN(CCCl)CCCl.Cl. The van der Waals surface area contributed by atoms with E-state index in [9.17, 15) is 0 Å². The quantitative estimate of drug-likeness (QED) is 0.619. The molecule has 0 aliphatic heterocycles. The molecule has 0 aliphatic rings. The fourth-order valence-electron chi connectivity index (χ4n) is 1.19. The zero-order valence-electron chi connectivity index (χ0n) is 9.01.